The second-order valence-electron chi connectivity index (χ2n) is 5.29. The molecule has 100 valence electrons. The van der Waals surface area contributed by atoms with E-state index in [2.05, 4.69) is 22.4 Å². The highest BCUT2D eigenvalue weighted by Crippen LogP contribution is 2.50. The Balaban J connectivity index is 1.95. The lowest BCUT2D eigenvalue weighted by molar-refractivity contribution is 0.382. The molecule has 0 saturated heterocycles. The fourth-order valence-corrected chi connectivity index (χ4v) is 2.62. The van der Waals surface area contributed by atoms with Crippen molar-refractivity contribution in [3.05, 3.63) is 23.2 Å². The molecule has 2 aromatic rings. The molecule has 1 fully saturated rings. The Morgan fingerprint density at radius 2 is 2.16 bits per heavy atom. The van der Waals surface area contributed by atoms with Crippen molar-refractivity contribution in [1.82, 2.24) is 20.2 Å². The SMILES string of the molecule is CCC1(Cn2nnnc2-c2cc(N)cc(Cl)c2)CC1. The molecule has 0 bridgehead atoms. The minimum atomic E-state index is 0.383. The molecule has 0 unspecified atom stereocenters. The summed E-state index contributed by atoms with van der Waals surface area (Å²) in [5.74, 6) is 0.730. The number of rotatable bonds is 4. The van der Waals surface area contributed by atoms with E-state index in [9.17, 15) is 0 Å². The minimum Gasteiger partial charge on any atom is -0.399 e. The number of nitrogens with two attached hydrogens (primary N) is 1. The van der Waals surface area contributed by atoms with Crippen molar-refractivity contribution in [3.63, 3.8) is 0 Å². The summed E-state index contributed by atoms with van der Waals surface area (Å²) < 4.78 is 1.86. The number of aromatic nitrogens is 4. The number of hydrogen-bond donors (Lipinski definition) is 1. The summed E-state index contributed by atoms with van der Waals surface area (Å²) in [7, 11) is 0. The smallest absolute Gasteiger partial charge is 0.182 e. The van der Waals surface area contributed by atoms with Crippen LogP contribution in [0.15, 0.2) is 18.2 Å². The Bertz CT molecular complexity index is 583. The van der Waals surface area contributed by atoms with E-state index >= 15 is 0 Å². The predicted molar refractivity (Wildman–Crippen MR) is 74.6 cm³/mol. The summed E-state index contributed by atoms with van der Waals surface area (Å²) in [4.78, 5) is 0. The van der Waals surface area contributed by atoms with Crippen molar-refractivity contribution in [2.75, 3.05) is 5.73 Å². The first-order chi connectivity index (χ1) is 9.12. The lowest BCUT2D eigenvalue weighted by atomic mass is 10.0. The lowest BCUT2D eigenvalue weighted by Crippen LogP contribution is -2.13. The van der Waals surface area contributed by atoms with Crippen LogP contribution in [0.5, 0.6) is 0 Å². The third-order valence-electron chi connectivity index (χ3n) is 3.90. The van der Waals surface area contributed by atoms with Gasteiger partial charge in [0.1, 0.15) is 0 Å². The average Bonchev–Trinajstić information content (AvgIpc) is 2.98. The molecule has 3 rings (SSSR count). The highest BCUT2D eigenvalue weighted by molar-refractivity contribution is 6.31. The van der Waals surface area contributed by atoms with Crippen LogP contribution in [0.1, 0.15) is 26.2 Å². The van der Waals surface area contributed by atoms with Gasteiger partial charge in [-0.15, -0.1) is 5.10 Å². The van der Waals surface area contributed by atoms with Gasteiger partial charge >= 0.3 is 0 Å². The molecule has 1 aromatic carbocycles. The van der Waals surface area contributed by atoms with E-state index in [1.165, 1.54) is 12.8 Å². The second kappa shape index (κ2) is 4.49. The summed E-state index contributed by atoms with van der Waals surface area (Å²) in [5.41, 5.74) is 7.68. The molecule has 0 amide bonds. The maximum absolute atomic E-state index is 6.03. The van der Waals surface area contributed by atoms with Crippen molar-refractivity contribution in [2.24, 2.45) is 5.41 Å². The molecule has 1 heterocycles. The monoisotopic (exact) mass is 277 g/mol. The number of anilines is 1. The van der Waals surface area contributed by atoms with E-state index in [4.69, 9.17) is 17.3 Å². The Hall–Kier alpha value is -1.62. The van der Waals surface area contributed by atoms with Crippen molar-refractivity contribution in [2.45, 2.75) is 32.7 Å². The summed E-state index contributed by atoms with van der Waals surface area (Å²) in [6, 6.07) is 5.40. The standard InChI is InChI=1S/C13H16ClN5/c1-2-13(3-4-13)8-19-12(16-17-18-19)9-5-10(14)7-11(15)6-9/h5-7H,2-4,8,15H2,1H3. The highest BCUT2D eigenvalue weighted by atomic mass is 35.5. The number of hydrogen-bond acceptors (Lipinski definition) is 4. The molecule has 0 radical (unpaired) electrons. The lowest BCUT2D eigenvalue weighted by Gasteiger charge is -2.13. The van der Waals surface area contributed by atoms with Gasteiger partial charge in [-0.2, -0.15) is 0 Å². The Morgan fingerprint density at radius 1 is 1.37 bits per heavy atom. The van der Waals surface area contributed by atoms with Gasteiger partial charge < -0.3 is 5.73 Å². The van der Waals surface area contributed by atoms with Crippen LogP contribution < -0.4 is 5.73 Å². The fourth-order valence-electron chi connectivity index (χ4n) is 2.38. The van der Waals surface area contributed by atoms with Crippen LogP contribution in [0.25, 0.3) is 11.4 Å². The van der Waals surface area contributed by atoms with E-state index in [0.29, 0.717) is 16.1 Å². The molecule has 5 nitrogen and oxygen atoms in total. The topological polar surface area (TPSA) is 69.6 Å². The average molecular weight is 278 g/mol. The molecule has 0 spiro atoms. The quantitative estimate of drug-likeness (QED) is 0.873. The van der Waals surface area contributed by atoms with Gasteiger partial charge in [0.2, 0.25) is 0 Å². The molecule has 2 N–H and O–H groups in total. The molecule has 0 aliphatic heterocycles. The molecule has 1 aromatic heterocycles. The number of nitrogen functional groups attached to an aromatic ring is 1. The van der Waals surface area contributed by atoms with Gasteiger partial charge in [0, 0.05) is 16.3 Å². The number of benzene rings is 1. The first-order valence-corrected chi connectivity index (χ1v) is 6.82. The minimum absolute atomic E-state index is 0.383. The molecular formula is C13H16ClN5. The van der Waals surface area contributed by atoms with Gasteiger partial charge in [-0.05, 0) is 53.3 Å². The number of nitrogens with zero attached hydrogens (tertiary/aromatic N) is 4. The van der Waals surface area contributed by atoms with Gasteiger partial charge in [0.05, 0.1) is 6.54 Å². The van der Waals surface area contributed by atoms with Gasteiger partial charge in [0.25, 0.3) is 0 Å². The van der Waals surface area contributed by atoms with Crippen molar-refractivity contribution in [1.29, 1.82) is 0 Å². The van der Waals surface area contributed by atoms with Crippen molar-refractivity contribution < 1.29 is 0 Å². The zero-order chi connectivity index (χ0) is 13.5. The maximum atomic E-state index is 6.03. The summed E-state index contributed by atoms with van der Waals surface area (Å²) in [6.07, 6.45) is 3.66. The zero-order valence-electron chi connectivity index (χ0n) is 10.8. The van der Waals surface area contributed by atoms with Crippen molar-refractivity contribution in [3.8, 4) is 11.4 Å². The van der Waals surface area contributed by atoms with Gasteiger partial charge in [0.15, 0.2) is 5.82 Å². The van der Waals surface area contributed by atoms with Gasteiger partial charge in [-0.1, -0.05) is 18.5 Å². The first kappa shape index (κ1) is 12.4. The van der Waals surface area contributed by atoms with Crippen LogP contribution in [0.4, 0.5) is 5.69 Å². The molecule has 1 aliphatic carbocycles. The molecular weight excluding hydrogens is 262 g/mol. The molecule has 1 aliphatic rings. The van der Waals surface area contributed by atoms with Crippen LogP contribution in [-0.2, 0) is 6.54 Å². The Morgan fingerprint density at radius 3 is 2.79 bits per heavy atom. The highest BCUT2D eigenvalue weighted by Gasteiger charge is 2.41. The van der Waals surface area contributed by atoms with Crippen LogP contribution in [-0.4, -0.2) is 20.2 Å². The largest absolute Gasteiger partial charge is 0.399 e. The Kier molecular flexibility index (Phi) is 2.93. The number of tetrazole rings is 1. The van der Waals surface area contributed by atoms with E-state index < -0.39 is 0 Å². The molecule has 0 atom stereocenters. The second-order valence-corrected chi connectivity index (χ2v) is 5.72. The van der Waals surface area contributed by atoms with E-state index in [0.717, 1.165) is 24.4 Å². The van der Waals surface area contributed by atoms with E-state index in [-0.39, 0.29) is 0 Å². The third kappa shape index (κ3) is 2.42. The molecule has 1 saturated carbocycles. The zero-order valence-corrected chi connectivity index (χ0v) is 11.6. The molecule has 19 heavy (non-hydrogen) atoms. The van der Waals surface area contributed by atoms with Crippen molar-refractivity contribution >= 4 is 17.3 Å². The van der Waals surface area contributed by atoms with Gasteiger partial charge in [-0.3, -0.25) is 0 Å². The first-order valence-electron chi connectivity index (χ1n) is 6.44. The summed E-state index contributed by atoms with van der Waals surface area (Å²) in [6.45, 7) is 3.08. The summed E-state index contributed by atoms with van der Waals surface area (Å²) in [5, 5.41) is 12.6. The third-order valence-corrected chi connectivity index (χ3v) is 4.12. The van der Waals surface area contributed by atoms with Crippen LogP contribution in [0.3, 0.4) is 0 Å². The van der Waals surface area contributed by atoms with Crippen LogP contribution >= 0.6 is 11.6 Å². The van der Waals surface area contributed by atoms with Gasteiger partial charge in [-0.25, -0.2) is 4.68 Å². The van der Waals surface area contributed by atoms with Crippen LogP contribution in [0.2, 0.25) is 5.02 Å². The summed E-state index contributed by atoms with van der Waals surface area (Å²) >= 11 is 6.03. The van der Waals surface area contributed by atoms with Crippen LogP contribution in [0, 0.1) is 5.41 Å². The number of halogens is 1. The molecule has 6 heteroatoms. The predicted octanol–water partition coefficient (Wildman–Crippen LogP) is 2.77. The fraction of sp³-hybridized carbons (Fsp3) is 0.462. The normalized spacial score (nSPS) is 16.5. The maximum Gasteiger partial charge on any atom is 0.182 e. The Labute approximate surface area is 116 Å². The van der Waals surface area contributed by atoms with E-state index in [1.54, 1.807) is 6.07 Å². The van der Waals surface area contributed by atoms with E-state index in [1.807, 2.05) is 16.8 Å².